The van der Waals surface area contributed by atoms with Gasteiger partial charge < -0.3 is 24.9 Å². The number of nitrogens with one attached hydrogen (secondary N) is 1. The first kappa shape index (κ1) is 18.3. The Morgan fingerprint density at radius 3 is 2.71 bits per heavy atom. The van der Waals surface area contributed by atoms with E-state index in [1.807, 2.05) is 36.7 Å². The molecule has 0 radical (unpaired) electrons. The zero-order valence-corrected chi connectivity index (χ0v) is 15.5. The number of nitrogens with two attached hydrogens (primary N) is 1. The molecule has 0 spiro atoms. The number of pyridine rings is 1. The zero-order valence-electron chi connectivity index (χ0n) is 15.5. The molecule has 1 aliphatic rings. The van der Waals surface area contributed by atoms with Crippen LogP contribution >= 0.6 is 0 Å². The number of rotatable bonds is 6. The fraction of sp³-hybridized carbons (Fsp3) is 0.300. The molecule has 1 fully saturated rings. The molecule has 4 rings (SSSR count). The van der Waals surface area contributed by atoms with E-state index in [2.05, 4.69) is 15.2 Å². The van der Waals surface area contributed by atoms with E-state index in [0.717, 1.165) is 49.7 Å². The monoisotopic (exact) mass is 381 g/mol. The smallest absolute Gasteiger partial charge is 0.410 e. The van der Waals surface area contributed by atoms with Crippen LogP contribution in [0.25, 0.3) is 16.9 Å². The van der Waals surface area contributed by atoms with Gasteiger partial charge in [-0.05, 0) is 36.4 Å². The van der Waals surface area contributed by atoms with Crippen molar-refractivity contribution < 1.29 is 14.3 Å². The number of imidazole rings is 1. The highest BCUT2D eigenvalue weighted by molar-refractivity contribution is 5.73. The number of nitrogens with zero attached hydrogens (tertiary/aromatic N) is 3. The van der Waals surface area contributed by atoms with Crippen LogP contribution in [0.3, 0.4) is 0 Å². The van der Waals surface area contributed by atoms with Crippen LogP contribution in [0.2, 0.25) is 0 Å². The van der Waals surface area contributed by atoms with Crippen molar-refractivity contribution >= 4 is 11.7 Å². The van der Waals surface area contributed by atoms with E-state index >= 15 is 0 Å². The third kappa shape index (κ3) is 4.24. The number of primary amides is 1. The van der Waals surface area contributed by atoms with Gasteiger partial charge in [-0.1, -0.05) is 0 Å². The van der Waals surface area contributed by atoms with E-state index in [1.165, 1.54) is 0 Å². The van der Waals surface area contributed by atoms with Gasteiger partial charge in [-0.3, -0.25) is 4.90 Å². The zero-order chi connectivity index (χ0) is 19.3. The summed E-state index contributed by atoms with van der Waals surface area (Å²) in [6.45, 7) is 5.81. The van der Waals surface area contributed by atoms with Gasteiger partial charge in [-0.15, -0.1) is 0 Å². The second-order valence-corrected chi connectivity index (χ2v) is 6.62. The summed E-state index contributed by atoms with van der Waals surface area (Å²) < 4.78 is 12.7. The van der Waals surface area contributed by atoms with Gasteiger partial charge in [0.15, 0.2) is 11.4 Å². The maximum atomic E-state index is 11.1. The average Bonchev–Trinajstić information content (AvgIpc) is 3.14. The normalized spacial score (nSPS) is 14.9. The highest BCUT2D eigenvalue weighted by Gasteiger charge is 2.11. The molecule has 146 valence electrons. The highest BCUT2D eigenvalue weighted by Crippen LogP contribution is 2.26. The molecule has 8 nitrogen and oxygen atoms in total. The second kappa shape index (κ2) is 8.28. The summed E-state index contributed by atoms with van der Waals surface area (Å²) in [5.41, 5.74) is 7.37. The minimum atomic E-state index is -0.861. The van der Waals surface area contributed by atoms with Crippen molar-refractivity contribution in [2.75, 3.05) is 39.3 Å². The van der Waals surface area contributed by atoms with Crippen LogP contribution in [0.15, 0.2) is 48.8 Å². The fourth-order valence-corrected chi connectivity index (χ4v) is 3.26. The van der Waals surface area contributed by atoms with E-state index in [0.29, 0.717) is 18.0 Å². The minimum absolute atomic E-state index is 0.328. The maximum absolute atomic E-state index is 11.1. The van der Waals surface area contributed by atoms with E-state index in [4.69, 9.17) is 15.2 Å². The molecule has 28 heavy (non-hydrogen) atoms. The van der Waals surface area contributed by atoms with Gasteiger partial charge in [0.05, 0.1) is 5.69 Å². The van der Waals surface area contributed by atoms with Crippen LogP contribution in [-0.2, 0) is 0 Å². The standard InChI is InChI=1S/C20H23N5O3/c21-20(26)28-18-2-1-9-25-14-17(23-19(18)25)15-3-5-16(6-4-15)27-13-12-24-10-7-22-8-11-24/h1-6,9,14,22H,7-8,10-13H2,(H2,21,26). The van der Waals surface area contributed by atoms with Crippen LogP contribution < -0.4 is 20.5 Å². The molecular formula is C20H23N5O3. The molecule has 0 unspecified atom stereocenters. The number of fused-ring (bicyclic) bond motifs is 1. The Morgan fingerprint density at radius 2 is 1.96 bits per heavy atom. The Bertz CT molecular complexity index is 948. The quantitative estimate of drug-likeness (QED) is 0.676. The molecule has 0 saturated carbocycles. The van der Waals surface area contributed by atoms with Crippen molar-refractivity contribution in [3.05, 3.63) is 48.8 Å². The molecule has 1 aromatic carbocycles. The van der Waals surface area contributed by atoms with E-state index in [-0.39, 0.29) is 0 Å². The Hall–Kier alpha value is -3.10. The number of carbonyl (C=O) groups excluding carboxylic acids is 1. The van der Waals surface area contributed by atoms with Gasteiger partial charge >= 0.3 is 6.09 Å². The molecule has 0 bridgehead atoms. The first-order valence-electron chi connectivity index (χ1n) is 9.30. The summed E-state index contributed by atoms with van der Waals surface area (Å²) in [7, 11) is 0. The molecular weight excluding hydrogens is 358 g/mol. The number of aromatic nitrogens is 2. The lowest BCUT2D eigenvalue weighted by atomic mass is 10.2. The Balaban J connectivity index is 1.42. The number of amides is 1. The second-order valence-electron chi connectivity index (χ2n) is 6.62. The molecule has 1 amide bonds. The maximum Gasteiger partial charge on any atom is 0.410 e. The van der Waals surface area contributed by atoms with Gasteiger partial charge in [-0.2, -0.15) is 0 Å². The molecule has 3 heterocycles. The Kier molecular flexibility index (Phi) is 5.41. The van der Waals surface area contributed by atoms with E-state index in [1.54, 1.807) is 16.5 Å². The molecule has 0 aliphatic carbocycles. The number of hydrogen-bond donors (Lipinski definition) is 2. The summed E-state index contributed by atoms with van der Waals surface area (Å²) in [6.07, 6.45) is 2.86. The summed E-state index contributed by atoms with van der Waals surface area (Å²) in [5, 5.41) is 3.35. The van der Waals surface area contributed by atoms with Crippen molar-refractivity contribution in [2.45, 2.75) is 0 Å². The summed E-state index contributed by atoms with van der Waals surface area (Å²) in [6, 6.07) is 11.3. The fourth-order valence-electron chi connectivity index (χ4n) is 3.26. The lowest BCUT2D eigenvalue weighted by molar-refractivity contribution is 0.191. The molecule has 2 aromatic heterocycles. The van der Waals surface area contributed by atoms with Gasteiger partial charge in [0, 0.05) is 50.7 Å². The summed E-state index contributed by atoms with van der Waals surface area (Å²) in [4.78, 5) is 18.0. The average molecular weight is 381 g/mol. The van der Waals surface area contributed by atoms with Gasteiger partial charge in [0.25, 0.3) is 0 Å². The number of carbonyl (C=O) groups is 1. The molecule has 3 N–H and O–H groups in total. The van der Waals surface area contributed by atoms with Crippen molar-refractivity contribution in [1.29, 1.82) is 0 Å². The first-order valence-corrected chi connectivity index (χ1v) is 9.30. The third-order valence-corrected chi connectivity index (χ3v) is 4.69. The van der Waals surface area contributed by atoms with Crippen LogP contribution in [0.4, 0.5) is 4.79 Å². The topological polar surface area (TPSA) is 94.1 Å². The van der Waals surface area contributed by atoms with Crippen molar-refractivity contribution in [2.24, 2.45) is 5.73 Å². The SMILES string of the molecule is NC(=O)Oc1cccn2cc(-c3ccc(OCCN4CCNCC4)cc3)nc12. The number of ether oxygens (including phenoxy) is 2. The van der Waals surface area contributed by atoms with Crippen molar-refractivity contribution in [3.63, 3.8) is 0 Å². The molecule has 3 aromatic rings. The molecule has 1 aliphatic heterocycles. The van der Waals surface area contributed by atoms with Gasteiger partial charge in [-0.25, -0.2) is 9.78 Å². The summed E-state index contributed by atoms with van der Waals surface area (Å²) in [5.74, 6) is 1.16. The number of hydrogen-bond acceptors (Lipinski definition) is 6. The molecule has 0 atom stereocenters. The third-order valence-electron chi connectivity index (χ3n) is 4.69. The predicted octanol–water partition coefficient (Wildman–Crippen LogP) is 1.74. The summed E-state index contributed by atoms with van der Waals surface area (Å²) >= 11 is 0. The van der Waals surface area contributed by atoms with Crippen LogP contribution in [0.1, 0.15) is 0 Å². The predicted molar refractivity (Wildman–Crippen MR) is 106 cm³/mol. The Labute approximate surface area is 162 Å². The highest BCUT2D eigenvalue weighted by atomic mass is 16.5. The largest absolute Gasteiger partial charge is 0.492 e. The van der Waals surface area contributed by atoms with Crippen LogP contribution in [-0.4, -0.2) is 59.7 Å². The molecule has 1 saturated heterocycles. The first-order chi connectivity index (χ1) is 13.7. The number of piperazine rings is 1. The van der Waals surface area contributed by atoms with Crippen molar-refractivity contribution in [3.8, 4) is 22.8 Å². The number of benzene rings is 1. The van der Waals surface area contributed by atoms with E-state index < -0.39 is 6.09 Å². The van der Waals surface area contributed by atoms with E-state index in [9.17, 15) is 4.79 Å². The minimum Gasteiger partial charge on any atom is -0.492 e. The van der Waals surface area contributed by atoms with Gasteiger partial charge in [0.2, 0.25) is 0 Å². The Morgan fingerprint density at radius 1 is 1.18 bits per heavy atom. The van der Waals surface area contributed by atoms with Crippen LogP contribution in [0, 0.1) is 0 Å². The van der Waals surface area contributed by atoms with Crippen molar-refractivity contribution in [1.82, 2.24) is 19.6 Å². The lowest BCUT2D eigenvalue weighted by Crippen LogP contribution is -2.44. The van der Waals surface area contributed by atoms with Gasteiger partial charge in [0.1, 0.15) is 12.4 Å². The lowest BCUT2D eigenvalue weighted by Gasteiger charge is -2.26. The van der Waals surface area contributed by atoms with Crippen LogP contribution in [0.5, 0.6) is 11.5 Å². The molecule has 8 heteroatoms.